The van der Waals surface area contributed by atoms with Gasteiger partial charge in [-0.05, 0) is 53.4 Å². The Labute approximate surface area is 169 Å². The summed E-state index contributed by atoms with van der Waals surface area (Å²) < 4.78 is 11.0. The average Bonchev–Trinajstić information content (AvgIpc) is 3.28. The number of aliphatic hydroxyl groups is 3. The molecule has 6 heteroatoms. The largest absolute Gasteiger partial charge is 0.491 e. The predicted molar refractivity (Wildman–Crippen MR) is 111 cm³/mol. The van der Waals surface area contributed by atoms with Crippen molar-refractivity contribution in [2.24, 2.45) is 0 Å². The molecule has 1 aliphatic heterocycles. The molecule has 1 aromatic heterocycles. The van der Waals surface area contributed by atoms with E-state index in [2.05, 4.69) is 23.1 Å². The lowest BCUT2D eigenvalue weighted by molar-refractivity contribution is -0.0656. The molecule has 0 bridgehead atoms. The van der Waals surface area contributed by atoms with Gasteiger partial charge < -0.3 is 29.4 Å². The predicted octanol–water partition coefficient (Wildman–Crippen LogP) is 2.66. The van der Waals surface area contributed by atoms with Gasteiger partial charge in [-0.1, -0.05) is 18.2 Å². The number of fused-ring (bicyclic) bond motifs is 1. The molecule has 4 rings (SSSR count). The molecule has 2 aromatic carbocycles. The Hall–Kier alpha value is -2.38. The van der Waals surface area contributed by atoms with Crippen LogP contribution in [0.2, 0.25) is 0 Å². The van der Waals surface area contributed by atoms with Gasteiger partial charge in [-0.2, -0.15) is 0 Å². The molecular formula is C23H27NO5. The van der Waals surface area contributed by atoms with Crippen LogP contribution in [0.1, 0.15) is 12.8 Å². The number of hydrogen-bond acceptors (Lipinski definition) is 6. The van der Waals surface area contributed by atoms with E-state index in [1.165, 1.54) is 0 Å². The molecule has 3 aromatic rings. The number of benzene rings is 2. The molecule has 0 amide bonds. The zero-order valence-corrected chi connectivity index (χ0v) is 16.3. The van der Waals surface area contributed by atoms with E-state index in [1.54, 1.807) is 12.5 Å². The summed E-state index contributed by atoms with van der Waals surface area (Å²) in [7, 11) is 0. The van der Waals surface area contributed by atoms with Crippen LogP contribution in [0.3, 0.4) is 0 Å². The quantitative estimate of drug-likeness (QED) is 0.568. The number of rotatable bonds is 7. The van der Waals surface area contributed by atoms with E-state index >= 15 is 0 Å². The lowest BCUT2D eigenvalue weighted by Gasteiger charge is -2.37. The smallest absolute Gasteiger partial charge is 0.120 e. The summed E-state index contributed by atoms with van der Waals surface area (Å²) in [4.78, 5) is 2.09. The highest BCUT2D eigenvalue weighted by atomic mass is 16.5. The van der Waals surface area contributed by atoms with Crippen LogP contribution in [0.4, 0.5) is 0 Å². The highest BCUT2D eigenvalue weighted by molar-refractivity contribution is 5.88. The van der Waals surface area contributed by atoms with Crippen LogP contribution in [0, 0.1) is 0 Å². The van der Waals surface area contributed by atoms with Gasteiger partial charge in [-0.15, -0.1) is 0 Å². The second-order valence-corrected chi connectivity index (χ2v) is 7.88. The number of likely N-dealkylation sites (tertiary alicyclic amines) is 1. The van der Waals surface area contributed by atoms with Gasteiger partial charge in [0, 0.05) is 25.2 Å². The van der Waals surface area contributed by atoms with Crippen molar-refractivity contribution < 1.29 is 24.5 Å². The minimum Gasteiger partial charge on any atom is -0.491 e. The van der Waals surface area contributed by atoms with Gasteiger partial charge in [0.1, 0.15) is 18.5 Å². The van der Waals surface area contributed by atoms with Gasteiger partial charge in [0.15, 0.2) is 0 Å². The topological polar surface area (TPSA) is 86.3 Å². The Balaban J connectivity index is 1.34. The zero-order chi connectivity index (χ0) is 20.3. The highest BCUT2D eigenvalue weighted by Crippen LogP contribution is 2.27. The van der Waals surface area contributed by atoms with E-state index in [-0.39, 0.29) is 13.2 Å². The fourth-order valence-electron chi connectivity index (χ4n) is 3.78. The molecular weight excluding hydrogens is 370 g/mol. The Bertz CT molecular complexity index is 932. The van der Waals surface area contributed by atoms with Crippen LogP contribution in [0.15, 0.2) is 59.4 Å². The van der Waals surface area contributed by atoms with Gasteiger partial charge in [-0.25, -0.2) is 0 Å². The summed E-state index contributed by atoms with van der Waals surface area (Å²) in [6, 6.07) is 14.1. The normalized spacial score (nSPS) is 18.0. The van der Waals surface area contributed by atoms with Gasteiger partial charge in [-0.3, -0.25) is 0 Å². The molecule has 0 radical (unpaired) electrons. The summed E-state index contributed by atoms with van der Waals surface area (Å²) in [5.74, 6) is 0.717. The average molecular weight is 397 g/mol. The molecule has 0 spiro atoms. The first-order chi connectivity index (χ1) is 14.0. The van der Waals surface area contributed by atoms with Crippen molar-refractivity contribution in [2.75, 3.05) is 32.8 Å². The Morgan fingerprint density at radius 2 is 1.83 bits per heavy atom. The summed E-state index contributed by atoms with van der Waals surface area (Å²) in [6.45, 7) is 1.78. The maximum atomic E-state index is 10.3. The lowest BCUT2D eigenvalue weighted by atomic mass is 9.92. The van der Waals surface area contributed by atoms with Crippen molar-refractivity contribution in [3.63, 3.8) is 0 Å². The first kappa shape index (κ1) is 19.9. The molecule has 1 atom stereocenters. The van der Waals surface area contributed by atoms with Gasteiger partial charge >= 0.3 is 0 Å². The number of nitrogens with zero attached hydrogens (tertiary/aromatic N) is 1. The Morgan fingerprint density at radius 1 is 1.03 bits per heavy atom. The zero-order valence-electron chi connectivity index (χ0n) is 16.3. The molecule has 1 fully saturated rings. The maximum absolute atomic E-state index is 10.3. The number of furan rings is 1. The van der Waals surface area contributed by atoms with E-state index in [4.69, 9.17) is 9.15 Å². The van der Waals surface area contributed by atoms with Crippen LogP contribution < -0.4 is 4.74 Å². The summed E-state index contributed by atoms with van der Waals surface area (Å²) >= 11 is 0. The molecule has 3 N–H and O–H groups in total. The Kier molecular flexibility index (Phi) is 5.87. The molecule has 2 heterocycles. The molecule has 0 saturated carbocycles. The van der Waals surface area contributed by atoms with Crippen LogP contribution in [0.25, 0.3) is 21.9 Å². The van der Waals surface area contributed by atoms with Crippen molar-refractivity contribution in [1.29, 1.82) is 0 Å². The third-order valence-electron chi connectivity index (χ3n) is 5.66. The molecule has 6 nitrogen and oxygen atoms in total. The molecule has 29 heavy (non-hydrogen) atoms. The highest BCUT2D eigenvalue weighted by Gasteiger charge is 2.31. The number of hydrogen-bond donors (Lipinski definition) is 3. The number of ether oxygens (including phenoxy) is 1. The van der Waals surface area contributed by atoms with Crippen molar-refractivity contribution in [3.8, 4) is 16.9 Å². The van der Waals surface area contributed by atoms with E-state index in [0.29, 0.717) is 38.2 Å². The number of piperidine rings is 1. The first-order valence-corrected chi connectivity index (χ1v) is 9.97. The number of β-amino-alcohol motifs (C(OH)–C–C–N with tert-alkyl or cyclic N) is 1. The molecule has 0 aliphatic carbocycles. The molecule has 1 aliphatic rings. The summed E-state index contributed by atoms with van der Waals surface area (Å²) in [5.41, 5.74) is 1.14. The van der Waals surface area contributed by atoms with Crippen LogP contribution in [0.5, 0.6) is 5.75 Å². The van der Waals surface area contributed by atoms with Gasteiger partial charge in [0.2, 0.25) is 0 Å². The molecule has 1 unspecified atom stereocenters. The summed E-state index contributed by atoms with van der Waals surface area (Å²) in [6.07, 6.45) is 3.79. The van der Waals surface area contributed by atoms with E-state index in [0.717, 1.165) is 21.9 Å². The SMILES string of the molecule is OCC1(O)CCN(CC(O)COc2ccc3ccc(-c4ccoc4)cc3c2)CC1. The summed E-state index contributed by atoms with van der Waals surface area (Å²) in [5, 5.41) is 31.8. The monoisotopic (exact) mass is 397 g/mol. The van der Waals surface area contributed by atoms with Crippen LogP contribution in [-0.4, -0.2) is 64.8 Å². The molecule has 154 valence electrons. The van der Waals surface area contributed by atoms with Crippen molar-refractivity contribution in [3.05, 3.63) is 55.0 Å². The van der Waals surface area contributed by atoms with Crippen molar-refractivity contribution in [2.45, 2.75) is 24.5 Å². The fourth-order valence-corrected chi connectivity index (χ4v) is 3.78. The van der Waals surface area contributed by atoms with Crippen LogP contribution in [-0.2, 0) is 0 Å². The molecule has 1 saturated heterocycles. The van der Waals surface area contributed by atoms with Crippen LogP contribution >= 0.6 is 0 Å². The van der Waals surface area contributed by atoms with Crippen molar-refractivity contribution >= 4 is 10.8 Å². The minimum atomic E-state index is -0.974. The second-order valence-electron chi connectivity index (χ2n) is 7.88. The third kappa shape index (κ3) is 4.79. The lowest BCUT2D eigenvalue weighted by Crippen LogP contribution is -2.48. The van der Waals surface area contributed by atoms with Gasteiger partial charge in [0.05, 0.1) is 24.7 Å². The maximum Gasteiger partial charge on any atom is 0.120 e. The van der Waals surface area contributed by atoms with E-state index in [1.807, 2.05) is 24.3 Å². The second kappa shape index (κ2) is 8.55. The minimum absolute atomic E-state index is 0.202. The number of aliphatic hydroxyl groups excluding tert-OH is 2. The van der Waals surface area contributed by atoms with E-state index < -0.39 is 11.7 Å². The van der Waals surface area contributed by atoms with Gasteiger partial charge in [0.25, 0.3) is 0 Å². The Morgan fingerprint density at radius 3 is 2.55 bits per heavy atom. The van der Waals surface area contributed by atoms with E-state index in [9.17, 15) is 15.3 Å². The van der Waals surface area contributed by atoms with Crippen molar-refractivity contribution in [1.82, 2.24) is 4.90 Å². The standard InChI is InChI=1S/C23H27NO5/c25-16-23(27)6-8-24(9-7-23)13-21(26)15-29-22-4-3-17-1-2-18(11-20(17)12-22)19-5-10-28-14-19/h1-5,10-12,14,21,25-27H,6-9,13,15-16H2. The fraction of sp³-hybridized carbons (Fsp3) is 0.391. The first-order valence-electron chi connectivity index (χ1n) is 9.97. The third-order valence-corrected chi connectivity index (χ3v) is 5.66.